The summed E-state index contributed by atoms with van der Waals surface area (Å²) in [5.74, 6) is -0.0533. The van der Waals surface area contributed by atoms with Crippen LogP contribution in [0, 0.1) is 6.92 Å². The fraction of sp³-hybridized carbons (Fsp3) is 0.273. The van der Waals surface area contributed by atoms with Crippen molar-refractivity contribution in [2.75, 3.05) is 5.75 Å². The topological polar surface area (TPSA) is 40.1 Å². The minimum Gasteiger partial charge on any atom is -0.787 e. The smallest absolute Gasteiger partial charge is 0.787 e. The van der Waals surface area contributed by atoms with Crippen molar-refractivity contribution in [3.8, 4) is 0 Å². The van der Waals surface area contributed by atoms with Crippen molar-refractivity contribution in [1.82, 2.24) is 0 Å². The van der Waals surface area contributed by atoms with Gasteiger partial charge in [0.05, 0.1) is 0 Å². The molecule has 94 valence electrons. The maximum atomic E-state index is 13.8. The molecule has 0 aromatic heterocycles. The van der Waals surface area contributed by atoms with E-state index < -0.39 is 17.8 Å². The molecular formula is C11H12F2NaO2PS. The molecule has 0 heterocycles. The quantitative estimate of drug-likeness (QED) is 0.452. The first-order chi connectivity index (χ1) is 7.81. The molecule has 18 heavy (non-hydrogen) atoms. The molecule has 0 radical (unpaired) electrons. The third-order valence-corrected chi connectivity index (χ3v) is 5.93. The minimum atomic E-state index is -4.89. The van der Waals surface area contributed by atoms with Crippen LogP contribution >= 0.6 is 18.0 Å². The fourth-order valence-electron chi connectivity index (χ4n) is 1.14. The molecule has 7 heteroatoms. The van der Waals surface area contributed by atoms with Crippen LogP contribution in [0.4, 0.5) is 8.78 Å². The molecule has 1 rings (SSSR count). The molecule has 1 aromatic rings. The number of benzene rings is 1. The van der Waals surface area contributed by atoms with Crippen molar-refractivity contribution in [1.29, 1.82) is 0 Å². The predicted octanol–water partition coefficient (Wildman–Crippen LogP) is 0.521. The SMILES string of the molecule is C=CCSP(=O)([O-])C(F)(F)c1ccc(C)cc1.[Na+]. The molecule has 0 aliphatic heterocycles. The summed E-state index contributed by atoms with van der Waals surface area (Å²) in [5.41, 5.74) is -3.56. The van der Waals surface area contributed by atoms with Gasteiger partial charge in [0.25, 0.3) is 0 Å². The molecule has 1 aromatic carbocycles. The Morgan fingerprint density at radius 2 is 1.94 bits per heavy atom. The zero-order chi connectivity index (χ0) is 13.1. The number of rotatable bonds is 5. The second-order valence-corrected chi connectivity index (χ2v) is 7.85. The van der Waals surface area contributed by atoms with E-state index in [9.17, 15) is 18.2 Å². The van der Waals surface area contributed by atoms with E-state index in [2.05, 4.69) is 6.58 Å². The molecule has 0 saturated carbocycles. The van der Waals surface area contributed by atoms with E-state index in [4.69, 9.17) is 0 Å². The first kappa shape index (κ1) is 18.4. The number of aryl methyl sites for hydroxylation is 1. The third kappa shape index (κ3) is 4.19. The summed E-state index contributed by atoms with van der Waals surface area (Å²) in [6, 6.07) is 5.19. The van der Waals surface area contributed by atoms with Crippen LogP contribution in [-0.2, 0) is 10.2 Å². The van der Waals surface area contributed by atoms with Crippen LogP contribution < -0.4 is 34.5 Å². The monoisotopic (exact) mass is 300 g/mol. The second kappa shape index (κ2) is 7.22. The Morgan fingerprint density at radius 1 is 1.44 bits per heavy atom. The predicted molar refractivity (Wildman–Crippen MR) is 65.3 cm³/mol. The molecule has 0 fully saturated rings. The van der Waals surface area contributed by atoms with Gasteiger partial charge in [0.15, 0.2) is 0 Å². The van der Waals surface area contributed by atoms with Gasteiger partial charge in [-0.1, -0.05) is 35.9 Å². The molecular weight excluding hydrogens is 288 g/mol. The van der Waals surface area contributed by atoms with Gasteiger partial charge in [-0.15, -0.1) is 18.0 Å². The molecule has 1 unspecified atom stereocenters. The molecule has 0 bridgehead atoms. The Kier molecular flexibility index (Phi) is 7.37. The Morgan fingerprint density at radius 3 is 2.39 bits per heavy atom. The van der Waals surface area contributed by atoms with Crippen LogP contribution in [-0.4, -0.2) is 5.75 Å². The van der Waals surface area contributed by atoms with E-state index in [1.54, 1.807) is 6.92 Å². The standard InChI is InChI=1S/C11H13F2O2PS.Na/c1-3-8-17-16(14,15)11(12,13)10-6-4-9(2)5-7-10;/h3-7H,1,8H2,2H3,(H,14,15);/q;+1/p-1. The van der Waals surface area contributed by atoms with Gasteiger partial charge >= 0.3 is 35.2 Å². The van der Waals surface area contributed by atoms with Gasteiger partial charge in [-0.05, 0) is 6.92 Å². The molecule has 0 saturated heterocycles. The van der Waals surface area contributed by atoms with Gasteiger partial charge in [0.1, 0.15) is 6.57 Å². The summed E-state index contributed by atoms with van der Waals surface area (Å²) in [4.78, 5) is 11.5. The van der Waals surface area contributed by atoms with Crippen molar-refractivity contribution in [2.24, 2.45) is 0 Å². The van der Waals surface area contributed by atoms with Crippen LogP contribution in [0.25, 0.3) is 0 Å². The molecule has 0 aliphatic rings. The number of halogens is 2. The number of hydrogen-bond donors (Lipinski definition) is 0. The Bertz CT molecular complexity index is 451. The van der Waals surface area contributed by atoms with E-state index in [1.165, 1.54) is 18.2 Å². The maximum absolute atomic E-state index is 13.8. The molecule has 2 nitrogen and oxygen atoms in total. The summed E-state index contributed by atoms with van der Waals surface area (Å²) >= 11 is 0.217. The average molecular weight is 300 g/mol. The zero-order valence-electron chi connectivity index (χ0n) is 10.2. The largest absolute Gasteiger partial charge is 1.00 e. The molecule has 0 spiro atoms. The molecule has 0 N–H and O–H groups in total. The first-order valence-electron chi connectivity index (χ1n) is 4.83. The second-order valence-electron chi connectivity index (χ2n) is 3.49. The van der Waals surface area contributed by atoms with E-state index in [0.29, 0.717) is 0 Å². The van der Waals surface area contributed by atoms with Crippen LogP contribution in [0.3, 0.4) is 0 Å². The van der Waals surface area contributed by atoms with E-state index in [0.717, 1.165) is 17.7 Å². The minimum absolute atomic E-state index is 0. The summed E-state index contributed by atoms with van der Waals surface area (Å²) < 4.78 is 39.0. The first-order valence-corrected chi connectivity index (χ1v) is 8.04. The number of alkyl halides is 2. The van der Waals surface area contributed by atoms with E-state index >= 15 is 0 Å². The van der Waals surface area contributed by atoms with Crippen molar-refractivity contribution < 1.29 is 47.8 Å². The van der Waals surface area contributed by atoms with Gasteiger partial charge in [-0.2, -0.15) is 8.78 Å². The van der Waals surface area contributed by atoms with Crippen molar-refractivity contribution >= 4 is 18.0 Å². The third-order valence-electron chi connectivity index (χ3n) is 2.11. The van der Waals surface area contributed by atoms with Crippen molar-refractivity contribution in [3.05, 3.63) is 48.0 Å². The van der Waals surface area contributed by atoms with Gasteiger partial charge in [-0.25, -0.2) is 0 Å². The van der Waals surface area contributed by atoms with Crippen LogP contribution in [0.2, 0.25) is 0 Å². The Labute approximate surface area is 131 Å². The normalized spacial score (nSPS) is 14.4. The maximum Gasteiger partial charge on any atom is 1.00 e. The molecule has 1 atom stereocenters. The summed E-state index contributed by atoms with van der Waals surface area (Å²) in [7, 11) is 0. The summed E-state index contributed by atoms with van der Waals surface area (Å²) in [5, 5.41) is 0. The van der Waals surface area contributed by atoms with Gasteiger partial charge in [0.2, 0.25) is 0 Å². The Hall–Kier alpha value is 0.360. The van der Waals surface area contributed by atoms with Crippen molar-refractivity contribution in [3.63, 3.8) is 0 Å². The molecule has 0 aliphatic carbocycles. The van der Waals surface area contributed by atoms with Crippen LogP contribution in [0.5, 0.6) is 0 Å². The fourth-order valence-corrected chi connectivity index (χ4v) is 3.78. The van der Waals surface area contributed by atoms with Gasteiger partial charge < -0.3 is 9.46 Å². The summed E-state index contributed by atoms with van der Waals surface area (Å²) in [6.07, 6.45) is 1.28. The van der Waals surface area contributed by atoms with Crippen LogP contribution in [0.1, 0.15) is 11.1 Å². The summed E-state index contributed by atoms with van der Waals surface area (Å²) in [6.45, 7) is 0.159. The Balaban J connectivity index is 0.00000289. The van der Waals surface area contributed by atoms with E-state index in [-0.39, 0.29) is 46.7 Å². The van der Waals surface area contributed by atoms with Gasteiger partial charge in [0, 0.05) is 11.3 Å². The van der Waals surface area contributed by atoms with Crippen molar-refractivity contribution in [2.45, 2.75) is 12.6 Å². The van der Waals surface area contributed by atoms with E-state index in [1.807, 2.05) is 0 Å². The average Bonchev–Trinajstić information content (AvgIpc) is 2.27. The molecule has 0 amide bonds. The van der Waals surface area contributed by atoms with Crippen LogP contribution in [0.15, 0.2) is 36.9 Å². The van der Waals surface area contributed by atoms with Gasteiger partial charge in [-0.3, -0.25) is 0 Å². The number of hydrogen-bond acceptors (Lipinski definition) is 3. The zero-order valence-corrected chi connectivity index (χ0v) is 13.9.